The van der Waals surface area contributed by atoms with Gasteiger partial charge in [-0.2, -0.15) is 5.48 Å². The molecule has 7 heteroatoms. The van der Waals surface area contributed by atoms with E-state index in [1.807, 2.05) is 11.5 Å². The van der Waals surface area contributed by atoms with E-state index in [-0.39, 0.29) is 18.4 Å². The van der Waals surface area contributed by atoms with Crippen LogP contribution in [0.15, 0.2) is 36.4 Å². The van der Waals surface area contributed by atoms with Crippen molar-refractivity contribution in [3.63, 3.8) is 0 Å². The van der Waals surface area contributed by atoms with Crippen molar-refractivity contribution in [2.75, 3.05) is 25.3 Å². The van der Waals surface area contributed by atoms with Gasteiger partial charge in [-0.15, -0.1) is 0 Å². The van der Waals surface area contributed by atoms with Crippen molar-refractivity contribution in [1.29, 1.82) is 0 Å². The third kappa shape index (κ3) is 3.73. The van der Waals surface area contributed by atoms with Crippen LogP contribution in [0.25, 0.3) is 0 Å². The highest BCUT2D eigenvalue weighted by molar-refractivity contribution is 6.00. The molecule has 0 radical (unpaired) electrons. The molecule has 0 unspecified atom stereocenters. The van der Waals surface area contributed by atoms with Gasteiger partial charge in [0.1, 0.15) is 6.73 Å². The lowest BCUT2D eigenvalue weighted by Crippen LogP contribution is -2.38. The van der Waals surface area contributed by atoms with Crippen molar-refractivity contribution in [2.24, 2.45) is 5.41 Å². The third-order valence-electron chi connectivity index (χ3n) is 6.07. The number of anilines is 1. The average Bonchev–Trinajstić information content (AvgIpc) is 3.04. The lowest BCUT2D eigenvalue weighted by atomic mass is 9.70. The van der Waals surface area contributed by atoms with Gasteiger partial charge in [0, 0.05) is 18.3 Å². The van der Waals surface area contributed by atoms with Crippen LogP contribution >= 0.6 is 0 Å². The minimum absolute atomic E-state index is 0.0820. The van der Waals surface area contributed by atoms with Crippen molar-refractivity contribution >= 4 is 11.6 Å². The molecule has 4 rings (SSSR count). The van der Waals surface area contributed by atoms with Crippen LogP contribution in [0.2, 0.25) is 0 Å². The second kappa shape index (κ2) is 8.10. The summed E-state index contributed by atoms with van der Waals surface area (Å²) in [6.45, 7) is 1.13. The molecule has 2 aliphatic rings. The first-order valence-corrected chi connectivity index (χ1v) is 9.77. The summed E-state index contributed by atoms with van der Waals surface area (Å²) in [4.78, 5) is 15.1. The molecule has 0 aromatic heterocycles. The molecule has 2 aromatic carbocycles. The summed E-state index contributed by atoms with van der Waals surface area (Å²) in [6.07, 6.45) is 3.15. The molecule has 0 bridgehead atoms. The van der Waals surface area contributed by atoms with E-state index >= 15 is 0 Å². The van der Waals surface area contributed by atoms with Crippen LogP contribution in [0.1, 0.15) is 29.5 Å². The summed E-state index contributed by atoms with van der Waals surface area (Å²) in [6, 6.07) is 10.8. The number of methoxy groups -OCH3 is 1. The molecule has 1 fully saturated rings. The number of hydroxylamine groups is 1. The van der Waals surface area contributed by atoms with Crippen LogP contribution in [0.5, 0.6) is 5.75 Å². The zero-order valence-corrected chi connectivity index (χ0v) is 16.4. The smallest absolute Gasteiger partial charge is 0.233 e. The normalized spacial score (nSPS) is 20.9. The van der Waals surface area contributed by atoms with E-state index in [2.05, 4.69) is 12.1 Å². The van der Waals surface area contributed by atoms with Crippen LogP contribution in [-0.4, -0.2) is 31.5 Å². The summed E-state index contributed by atoms with van der Waals surface area (Å²) in [5.41, 5.74) is 5.76. The summed E-state index contributed by atoms with van der Waals surface area (Å²) >= 11 is 0. The second-order valence-corrected chi connectivity index (χ2v) is 7.74. The Bertz CT molecular complexity index is 920. The number of hydrogen-bond donors (Lipinski definition) is 2. The first-order valence-electron chi connectivity index (χ1n) is 9.77. The highest BCUT2D eigenvalue weighted by atomic mass is 19.1. The zero-order valence-electron chi connectivity index (χ0n) is 16.4. The SMILES string of the molecule is COc1cc(N2CC[C@]3(CCc4cc(COCNO)ccc4C3)C2=O)ccc1F. The lowest BCUT2D eigenvalue weighted by Gasteiger charge is -2.33. The number of carbonyl (C=O) groups is 1. The van der Waals surface area contributed by atoms with Crippen LogP contribution < -0.4 is 15.1 Å². The lowest BCUT2D eigenvalue weighted by molar-refractivity contribution is -0.126. The molecule has 29 heavy (non-hydrogen) atoms. The van der Waals surface area contributed by atoms with E-state index in [0.29, 0.717) is 18.8 Å². The molecule has 6 nitrogen and oxygen atoms in total. The molecule has 2 aromatic rings. The Hall–Kier alpha value is -2.48. The van der Waals surface area contributed by atoms with Gasteiger partial charge >= 0.3 is 0 Å². The van der Waals surface area contributed by atoms with Crippen LogP contribution in [0, 0.1) is 11.2 Å². The molecule has 1 aliphatic carbocycles. The summed E-state index contributed by atoms with van der Waals surface area (Å²) in [7, 11) is 1.42. The van der Waals surface area contributed by atoms with Gasteiger partial charge in [-0.05, 0) is 54.5 Å². The maximum Gasteiger partial charge on any atom is 0.233 e. The fourth-order valence-corrected chi connectivity index (χ4v) is 4.49. The number of rotatable bonds is 6. The van der Waals surface area contributed by atoms with Crippen LogP contribution in [0.4, 0.5) is 10.1 Å². The van der Waals surface area contributed by atoms with E-state index in [1.54, 1.807) is 17.0 Å². The Morgan fingerprint density at radius 2 is 2.07 bits per heavy atom. The van der Waals surface area contributed by atoms with Gasteiger partial charge < -0.3 is 19.6 Å². The average molecular weight is 400 g/mol. The number of nitrogens with one attached hydrogen (secondary N) is 1. The first-order chi connectivity index (χ1) is 14.1. The van der Waals surface area contributed by atoms with Crippen molar-refractivity contribution in [2.45, 2.75) is 32.3 Å². The Kier molecular flexibility index (Phi) is 5.54. The molecule has 1 spiro atoms. The molecule has 1 aliphatic heterocycles. The van der Waals surface area contributed by atoms with Crippen LogP contribution in [0.3, 0.4) is 0 Å². The van der Waals surface area contributed by atoms with Gasteiger partial charge in [0.05, 0.1) is 19.1 Å². The fraction of sp³-hybridized carbons (Fsp3) is 0.409. The highest BCUT2D eigenvalue weighted by Crippen LogP contribution is 2.45. The number of halogens is 1. The predicted molar refractivity (Wildman–Crippen MR) is 105 cm³/mol. The molecular weight excluding hydrogens is 375 g/mol. The Labute approximate surface area is 169 Å². The molecule has 154 valence electrons. The Balaban J connectivity index is 1.51. The Morgan fingerprint density at radius 3 is 2.86 bits per heavy atom. The van der Waals surface area contributed by atoms with Crippen molar-refractivity contribution in [3.05, 3.63) is 58.9 Å². The highest BCUT2D eigenvalue weighted by Gasteiger charge is 2.48. The molecule has 1 saturated heterocycles. The standard InChI is InChI=1S/C22H25FN2O4/c1-28-20-11-18(4-5-19(20)23)25-9-8-22(21(25)26)7-6-16-10-15(13-29-14-24-27)2-3-17(16)12-22/h2-5,10-11,24,27H,6-9,12-14H2,1H3/t22-/m0/s1. The summed E-state index contributed by atoms with van der Waals surface area (Å²) < 4.78 is 24.1. The minimum atomic E-state index is -0.432. The molecule has 2 N–H and O–H groups in total. The van der Waals surface area contributed by atoms with Gasteiger partial charge in [-0.25, -0.2) is 4.39 Å². The van der Waals surface area contributed by atoms with E-state index in [0.717, 1.165) is 31.2 Å². The van der Waals surface area contributed by atoms with Gasteiger partial charge in [0.25, 0.3) is 0 Å². The third-order valence-corrected chi connectivity index (χ3v) is 6.07. The van der Waals surface area contributed by atoms with E-state index in [4.69, 9.17) is 14.7 Å². The van der Waals surface area contributed by atoms with E-state index in [9.17, 15) is 9.18 Å². The first kappa shape index (κ1) is 19.8. The number of benzene rings is 2. The number of amides is 1. The number of fused-ring (bicyclic) bond motifs is 1. The largest absolute Gasteiger partial charge is 0.494 e. The number of hydrogen-bond acceptors (Lipinski definition) is 5. The zero-order chi connectivity index (χ0) is 20.4. The van der Waals surface area contributed by atoms with E-state index in [1.165, 1.54) is 24.3 Å². The van der Waals surface area contributed by atoms with Crippen molar-refractivity contribution < 1.29 is 23.9 Å². The Morgan fingerprint density at radius 1 is 1.21 bits per heavy atom. The maximum atomic E-state index is 13.7. The molecule has 1 heterocycles. The quantitative estimate of drug-likeness (QED) is 0.443. The van der Waals surface area contributed by atoms with Gasteiger partial charge in [0.15, 0.2) is 11.6 Å². The summed E-state index contributed by atoms with van der Waals surface area (Å²) in [5.74, 6) is -0.173. The van der Waals surface area contributed by atoms with Gasteiger partial charge in [-0.3, -0.25) is 4.79 Å². The molecule has 1 amide bonds. The molecular formula is C22H25FN2O4. The molecule has 1 atom stereocenters. The maximum absolute atomic E-state index is 13.7. The topological polar surface area (TPSA) is 71.0 Å². The van der Waals surface area contributed by atoms with Crippen molar-refractivity contribution in [1.82, 2.24) is 5.48 Å². The monoisotopic (exact) mass is 400 g/mol. The van der Waals surface area contributed by atoms with Crippen molar-refractivity contribution in [3.8, 4) is 5.75 Å². The summed E-state index contributed by atoms with van der Waals surface area (Å²) in [5, 5.41) is 8.59. The predicted octanol–water partition coefficient (Wildman–Crippen LogP) is 3.20. The fourth-order valence-electron chi connectivity index (χ4n) is 4.49. The van der Waals surface area contributed by atoms with Gasteiger partial charge in [0.2, 0.25) is 5.91 Å². The number of aryl methyl sites for hydroxylation is 1. The molecule has 0 saturated carbocycles. The van der Waals surface area contributed by atoms with E-state index < -0.39 is 11.2 Å². The minimum Gasteiger partial charge on any atom is -0.494 e. The van der Waals surface area contributed by atoms with Gasteiger partial charge in [-0.1, -0.05) is 18.2 Å². The number of ether oxygens (including phenoxy) is 2. The van der Waals surface area contributed by atoms with Crippen LogP contribution in [-0.2, 0) is 29.0 Å². The number of nitrogens with zero attached hydrogens (tertiary/aromatic N) is 1. The second-order valence-electron chi connectivity index (χ2n) is 7.74. The number of carbonyl (C=O) groups excluding carboxylic acids is 1.